The molecule has 1 aromatic rings. The highest BCUT2D eigenvalue weighted by Gasteiger charge is 2.21. The standard InChI is InChI=1S/C11H18N4O/c1-7-4-8(12)6-14-10(7)15-11(2,3)5-9(13)16/h4,6H,5,12H2,1-3H3,(H2,13,16)(H,14,15). The predicted molar refractivity (Wildman–Crippen MR) is 64.9 cm³/mol. The van der Waals surface area contributed by atoms with Crippen molar-refractivity contribution in [2.75, 3.05) is 11.1 Å². The first kappa shape index (κ1) is 12.3. The zero-order chi connectivity index (χ0) is 12.3. The molecule has 0 fully saturated rings. The Balaban J connectivity index is 2.83. The van der Waals surface area contributed by atoms with Crippen molar-refractivity contribution in [1.29, 1.82) is 0 Å². The SMILES string of the molecule is Cc1cc(N)cnc1NC(C)(C)CC(N)=O. The molecule has 0 aliphatic heterocycles. The maximum absolute atomic E-state index is 10.9. The van der Waals surface area contributed by atoms with Crippen molar-refractivity contribution in [1.82, 2.24) is 4.98 Å². The van der Waals surface area contributed by atoms with Crippen LogP contribution in [-0.2, 0) is 4.79 Å². The van der Waals surface area contributed by atoms with Gasteiger partial charge in [-0.15, -0.1) is 0 Å². The molecule has 5 N–H and O–H groups in total. The molecule has 1 heterocycles. The average Bonchev–Trinajstić information content (AvgIpc) is 2.07. The summed E-state index contributed by atoms with van der Waals surface area (Å²) in [6, 6.07) is 1.83. The third-order valence-electron chi connectivity index (χ3n) is 2.17. The molecule has 88 valence electrons. The van der Waals surface area contributed by atoms with Crippen molar-refractivity contribution in [3.05, 3.63) is 17.8 Å². The molecule has 1 aromatic heterocycles. The number of nitrogens with two attached hydrogens (primary N) is 2. The fraction of sp³-hybridized carbons (Fsp3) is 0.455. The number of nitrogens with one attached hydrogen (secondary N) is 1. The smallest absolute Gasteiger partial charge is 0.219 e. The minimum Gasteiger partial charge on any atom is -0.397 e. The van der Waals surface area contributed by atoms with Gasteiger partial charge in [-0.25, -0.2) is 4.98 Å². The average molecular weight is 222 g/mol. The van der Waals surface area contributed by atoms with Crippen molar-refractivity contribution in [2.24, 2.45) is 5.73 Å². The Bertz CT molecular complexity index is 401. The molecule has 5 heteroatoms. The molecule has 0 aromatic carbocycles. The summed E-state index contributed by atoms with van der Waals surface area (Å²) < 4.78 is 0. The maximum atomic E-state index is 10.9. The quantitative estimate of drug-likeness (QED) is 0.709. The lowest BCUT2D eigenvalue weighted by Crippen LogP contribution is -2.36. The van der Waals surface area contributed by atoms with Crippen LogP contribution in [0, 0.1) is 6.92 Å². The number of carbonyl (C=O) groups is 1. The summed E-state index contributed by atoms with van der Waals surface area (Å²) in [6.45, 7) is 5.70. The lowest BCUT2D eigenvalue weighted by atomic mass is 10.00. The van der Waals surface area contributed by atoms with Gasteiger partial charge < -0.3 is 16.8 Å². The van der Waals surface area contributed by atoms with Gasteiger partial charge in [0.25, 0.3) is 0 Å². The van der Waals surface area contributed by atoms with Gasteiger partial charge >= 0.3 is 0 Å². The number of hydrogen-bond donors (Lipinski definition) is 3. The second-order valence-electron chi connectivity index (χ2n) is 4.59. The first-order valence-corrected chi connectivity index (χ1v) is 5.09. The molecule has 0 radical (unpaired) electrons. The molecule has 16 heavy (non-hydrogen) atoms. The Morgan fingerprint density at radius 2 is 2.19 bits per heavy atom. The molecule has 0 unspecified atom stereocenters. The summed E-state index contributed by atoms with van der Waals surface area (Å²) in [5.41, 5.74) is 11.9. The molecular weight excluding hydrogens is 204 g/mol. The number of hydrogen-bond acceptors (Lipinski definition) is 4. The Morgan fingerprint density at radius 1 is 1.56 bits per heavy atom. The summed E-state index contributed by atoms with van der Waals surface area (Å²) >= 11 is 0. The van der Waals surface area contributed by atoms with E-state index in [-0.39, 0.29) is 12.3 Å². The van der Waals surface area contributed by atoms with Gasteiger partial charge in [-0.2, -0.15) is 0 Å². The monoisotopic (exact) mass is 222 g/mol. The molecular formula is C11H18N4O. The minimum absolute atomic E-state index is 0.249. The number of amides is 1. The van der Waals surface area contributed by atoms with E-state index in [2.05, 4.69) is 10.3 Å². The highest BCUT2D eigenvalue weighted by atomic mass is 16.1. The van der Waals surface area contributed by atoms with Crippen LogP contribution in [0.5, 0.6) is 0 Å². The number of nitrogen functional groups attached to an aromatic ring is 1. The molecule has 0 spiro atoms. The van der Waals surface area contributed by atoms with Crippen LogP contribution in [0.4, 0.5) is 11.5 Å². The van der Waals surface area contributed by atoms with Crippen LogP contribution in [0.3, 0.4) is 0 Å². The Labute approximate surface area is 95.2 Å². The fourth-order valence-corrected chi connectivity index (χ4v) is 1.53. The lowest BCUT2D eigenvalue weighted by Gasteiger charge is -2.26. The third kappa shape index (κ3) is 3.42. The van der Waals surface area contributed by atoms with Crippen molar-refractivity contribution < 1.29 is 4.79 Å². The summed E-state index contributed by atoms with van der Waals surface area (Å²) in [4.78, 5) is 15.1. The highest BCUT2D eigenvalue weighted by Crippen LogP contribution is 2.20. The van der Waals surface area contributed by atoms with Gasteiger partial charge in [-0.3, -0.25) is 4.79 Å². The first-order chi connectivity index (χ1) is 7.30. The normalized spacial score (nSPS) is 11.2. The molecule has 0 aliphatic carbocycles. The molecule has 5 nitrogen and oxygen atoms in total. The Kier molecular flexibility index (Phi) is 3.37. The number of primary amides is 1. The molecule has 0 aliphatic rings. The van der Waals surface area contributed by atoms with Crippen LogP contribution in [0.15, 0.2) is 12.3 Å². The van der Waals surface area contributed by atoms with Crippen LogP contribution in [0.25, 0.3) is 0 Å². The number of aryl methyl sites for hydroxylation is 1. The Morgan fingerprint density at radius 3 is 2.69 bits per heavy atom. The van der Waals surface area contributed by atoms with Gasteiger partial charge in [0.15, 0.2) is 0 Å². The topological polar surface area (TPSA) is 94.0 Å². The van der Waals surface area contributed by atoms with Crippen LogP contribution in [0.1, 0.15) is 25.8 Å². The van der Waals surface area contributed by atoms with Crippen molar-refractivity contribution in [3.63, 3.8) is 0 Å². The van der Waals surface area contributed by atoms with E-state index in [4.69, 9.17) is 11.5 Å². The van der Waals surface area contributed by atoms with E-state index in [1.807, 2.05) is 26.8 Å². The summed E-state index contributed by atoms with van der Waals surface area (Å²) in [5, 5.41) is 3.18. The van der Waals surface area contributed by atoms with E-state index in [0.29, 0.717) is 5.69 Å². The zero-order valence-electron chi connectivity index (χ0n) is 9.87. The van der Waals surface area contributed by atoms with Crippen LogP contribution < -0.4 is 16.8 Å². The van der Waals surface area contributed by atoms with Gasteiger partial charge in [0.1, 0.15) is 5.82 Å². The number of carbonyl (C=O) groups excluding carboxylic acids is 1. The van der Waals surface area contributed by atoms with Crippen LogP contribution in [-0.4, -0.2) is 16.4 Å². The van der Waals surface area contributed by atoms with E-state index < -0.39 is 5.54 Å². The molecule has 1 rings (SSSR count). The van der Waals surface area contributed by atoms with E-state index in [1.54, 1.807) is 6.20 Å². The van der Waals surface area contributed by atoms with Gasteiger partial charge in [0, 0.05) is 12.0 Å². The van der Waals surface area contributed by atoms with Crippen LogP contribution >= 0.6 is 0 Å². The van der Waals surface area contributed by atoms with Crippen LogP contribution in [0.2, 0.25) is 0 Å². The molecule has 0 bridgehead atoms. The second-order valence-corrected chi connectivity index (χ2v) is 4.59. The zero-order valence-corrected chi connectivity index (χ0v) is 9.87. The number of rotatable bonds is 4. The number of nitrogens with zero attached hydrogens (tertiary/aromatic N) is 1. The molecule has 0 saturated carbocycles. The van der Waals surface area contributed by atoms with E-state index in [0.717, 1.165) is 11.4 Å². The summed E-state index contributed by atoms with van der Waals surface area (Å²) in [7, 11) is 0. The second kappa shape index (κ2) is 4.38. The third-order valence-corrected chi connectivity index (χ3v) is 2.17. The van der Waals surface area contributed by atoms with Crippen molar-refractivity contribution in [3.8, 4) is 0 Å². The Hall–Kier alpha value is -1.78. The van der Waals surface area contributed by atoms with Gasteiger partial charge in [0.2, 0.25) is 5.91 Å². The molecule has 0 atom stereocenters. The highest BCUT2D eigenvalue weighted by molar-refractivity contribution is 5.75. The predicted octanol–water partition coefficient (Wildman–Crippen LogP) is 1.04. The largest absolute Gasteiger partial charge is 0.397 e. The summed E-state index contributed by atoms with van der Waals surface area (Å²) in [5.74, 6) is 0.381. The van der Waals surface area contributed by atoms with Crippen molar-refractivity contribution >= 4 is 17.4 Å². The number of pyridine rings is 1. The van der Waals surface area contributed by atoms with E-state index >= 15 is 0 Å². The minimum atomic E-state index is -0.417. The van der Waals surface area contributed by atoms with Gasteiger partial charge in [-0.05, 0) is 32.4 Å². The summed E-state index contributed by atoms with van der Waals surface area (Å²) in [6.07, 6.45) is 1.83. The number of anilines is 2. The fourth-order valence-electron chi connectivity index (χ4n) is 1.53. The van der Waals surface area contributed by atoms with Crippen molar-refractivity contribution in [2.45, 2.75) is 32.7 Å². The van der Waals surface area contributed by atoms with E-state index in [1.165, 1.54) is 0 Å². The van der Waals surface area contributed by atoms with Gasteiger partial charge in [0.05, 0.1) is 11.9 Å². The first-order valence-electron chi connectivity index (χ1n) is 5.09. The molecule has 1 amide bonds. The lowest BCUT2D eigenvalue weighted by molar-refractivity contribution is -0.118. The molecule has 0 saturated heterocycles. The van der Waals surface area contributed by atoms with E-state index in [9.17, 15) is 4.79 Å². The van der Waals surface area contributed by atoms with Gasteiger partial charge in [-0.1, -0.05) is 0 Å². The number of aromatic nitrogens is 1. The maximum Gasteiger partial charge on any atom is 0.219 e.